The molecule has 1 aromatic carbocycles. The summed E-state index contributed by atoms with van der Waals surface area (Å²) in [5, 5.41) is 0. The molecule has 0 aromatic heterocycles. The van der Waals surface area contributed by atoms with Gasteiger partial charge in [-0.1, -0.05) is 24.6 Å². The molecule has 0 saturated heterocycles. The quantitative estimate of drug-likeness (QED) is 0.485. The number of quaternary nitrogens is 1. The zero-order chi connectivity index (χ0) is 18.1. The van der Waals surface area contributed by atoms with Crippen LogP contribution in [0.25, 0.3) is 0 Å². The van der Waals surface area contributed by atoms with Crippen molar-refractivity contribution in [2.24, 2.45) is 0 Å². The maximum absolute atomic E-state index is 10.9. The van der Waals surface area contributed by atoms with E-state index < -0.39 is 10.1 Å². The largest absolute Gasteiger partial charge is 0.460 e. The lowest BCUT2D eigenvalue weighted by atomic mass is 10.2. The number of nitrogens with zero attached hydrogens (tertiary/aromatic N) is 1. The average molecular weight is 346 g/mol. The molecule has 0 aliphatic carbocycles. The highest BCUT2D eigenvalue weighted by Gasteiger charge is 2.08. The molecule has 0 saturated carbocycles. The number of aryl methyl sites for hydroxylation is 1. The van der Waals surface area contributed by atoms with E-state index >= 15 is 0 Å². The van der Waals surface area contributed by atoms with Gasteiger partial charge in [-0.2, -0.15) is 8.42 Å². The maximum Gasteiger partial charge on any atom is 0.305 e. The molecule has 1 rings (SSSR count). The Kier molecular flexibility index (Phi) is 9.04. The lowest BCUT2D eigenvalue weighted by molar-refractivity contribution is -0.870. The summed E-state index contributed by atoms with van der Waals surface area (Å²) in [6, 6.07) is 5.99. The average Bonchev–Trinajstić information content (AvgIpc) is 2.37. The molecule has 0 fully saturated rings. The minimum absolute atomic E-state index is 0.0666. The Morgan fingerprint density at radius 2 is 1.70 bits per heavy atom. The highest BCUT2D eigenvalue weighted by Crippen LogP contribution is 2.08. The van der Waals surface area contributed by atoms with Crippen molar-refractivity contribution in [3.63, 3.8) is 0 Å². The number of likely N-dealkylation sites (N-methyl/N-ethyl adjacent to an activating group) is 1. The SMILES string of the molecule is CCCC(=O)OCC[N+](C)(C)C.Cc1ccc(S(=O)(=O)O)cc1. The summed E-state index contributed by atoms with van der Waals surface area (Å²) in [6.07, 6.45) is 1.40. The number of carbonyl (C=O) groups is 1. The third-order valence-corrected chi connectivity index (χ3v) is 3.67. The molecule has 0 unspecified atom stereocenters. The molecule has 1 N–H and O–H groups in total. The molecule has 1 aromatic rings. The van der Waals surface area contributed by atoms with Gasteiger partial charge >= 0.3 is 5.97 Å². The van der Waals surface area contributed by atoms with Crippen molar-refractivity contribution >= 4 is 16.1 Å². The molecule has 0 heterocycles. The number of carbonyl (C=O) groups excluding carboxylic acids is 1. The van der Waals surface area contributed by atoms with E-state index in [4.69, 9.17) is 9.29 Å². The van der Waals surface area contributed by atoms with Gasteiger partial charge in [-0.05, 0) is 25.5 Å². The minimum Gasteiger partial charge on any atom is -0.460 e. The van der Waals surface area contributed by atoms with Crippen molar-refractivity contribution < 1.29 is 27.0 Å². The number of hydrogen-bond donors (Lipinski definition) is 1. The summed E-state index contributed by atoms with van der Waals surface area (Å²) >= 11 is 0. The fourth-order valence-corrected chi connectivity index (χ4v) is 1.90. The van der Waals surface area contributed by atoms with Crippen LogP contribution in [0, 0.1) is 6.92 Å². The molecule has 0 atom stereocenters. The van der Waals surface area contributed by atoms with Gasteiger partial charge in [0.1, 0.15) is 13.2 Å². The van der Waals surface area contributed by atoms with E-state index in [1.807, 2.05) is 13.8 Å². The first-order chi connectivity index (χ1) is 10.5. The summed E-state index contributed by atoms with van der Waals surface area (Å²) < 4.78 is 35.4. The van der Waals surface area contributed by atoms with Gasteiger partial charge in [0.15, 0.2) is 0 Å². The fourth-order valence-electron chi connectivity index (χ4n) is 1.42. The van der Waals surface area contributed by atoms with Gasteiger partial charge in [-0.15, -0.1) is 0 Å². The van der Waals surface area contributed by atoms with Gasteiger partial charge in [0.25, 0.3) is 10.1 Å². The first-order valence-corrected chi connectivity index (χ1v) is 8.90. The van der Waals surface area contributed by atoms with Crippen molar-refractivity contribution in [1.82, 2.24) is 0 Å². The first-order valence-electron chi connectivity index (χ1n) is 7.46. The summed E-state index contributed by atoms with van der Waals surface area (Å²) in [5.74, 6) is -0.0778. The van der Waals surface area contributed by atoms with Gasteiger partial charge in [0, 0.05) is 6.42 Å². The molecule has 7 heteroatoms. The van der Waals surface area contributed by atoms with E-state index in [0.29, 0.717) is 13.0 Å². The Labute approximate surface area is 139 Å². The summed E-state index contributed by atoms with van der Waals surface area (Å²) in [4.78, 5) is 10.8. The second kappa shape index (κ2) is 9.64. The van der Waals surface area contributed by atoms with E-state index in [-0.39, 0.29) is 10.9 Å². The Balaban J connectivity index is 0.000000422. The standard InChI is InChI=1S/C9H20NO2.C7H8O3S/c1-5-6-9(11)12-8-7-10(2,3)4;1-6-2-4-7(5-3-6)11(8,9)10/h5-8H2,1-4H3;2-5H,1H3,(H,8,9,10)/q+1;. The van der Waals surface area contributed by atoms with Crippen LogP contribution in [0.5, 0.6) is 0 Å². The lowest BCUT2D eigenvalue weighted by Crippen LogP contribution is -2.37. The number of hydrogen-bond acceptors (Lipinski definition) is 4. The monoisotopic (exact) mass is 346 g/mol. The predicted octanol–water partition coefficient (Wildman–Crippen LogP) is 2.28. The first kappa shape index (κ1) is 21.6. The summed E-state index contributed by atoms with van der Waals surface area (Å²) in [6.45, 7) is 5.21. The van der Waals surface area contributed by atoms with Gasteiger partial charge in [-0.3, -0.25) is 9.35 Å². The van der Waals surface area contributed by atoms with E-state index in [9.17, 15) is 13.2 Å². The van der Waals surface area contributed by atoms with Crippen LogP contribution in [0.2, 0.25) is 0 Å². The molecule has 0 spiro atoms. The highest BCUT2D eigenvalue weighted by molar-refractivity contribution is 7.85. The van der Waals surface area contributed by atoms with Crippen LogP contribution in [0.15, 0.2) is 29.2 Å². The molecule has 0 bridgehead atoms. The topological polar surface area (TPSA) is 80.7 Å². The van der Waals surface area contributed by atoms with E-state index in [0.717, 1.165) is 23.0 Å². The van der Waals surface area contributed by atoms with E-state index in [2.05, 4.69) is 21.1 Å². The van der Waals surface area contributed by atoms with Gasteiger partial charge in [0.05, 0.1) is 26.0 Å². The summed E-state index contributed by atoms with van der Waals surface area (Å²) in [5.41, 5.74) is 0.956. The zero-order valence-corrected chi connectivity index (χ0v) is 15.4. The Morgan fingerprint density at radius 3 is 2.09 bits per heavy atom. The molecule has 0 aliphatic rings. The maximum atomic E-state index is 10.9. The number of rotatable bonds is 6. The van der Waals surface area contributed by atoms with Crippen LogP contribution in [-0.2, 0) is 19.6 Å². The third-order valence-electron chi connectivity index (χ3n) is 2.80. The van der Waals surface area contributed by atoms with Crippen molar-refractivity contribution in [2.45, 2.75) is 31.6 Å². The molecule has 0 radical (unpaired) electrons. The van der Waals surface area contributed by atoms with Gasteiger partial charge < -0.3 is 9.22 Å². The Bertz CT molecular complexity index is 573. The molecule has 23 heavy (non-hydrogen) atoms. The van der Waals surface area contributed by atoms with Crippen LogP contribution in [0.1, 0.15) is 25.3 Å². The fraction of sp³-hybridized carbons (Fsp3) is 0.562. The predicted molar refractivity (Wildman–Crippen MR) is 89.8 cm³/mol. The van der Waals surface area contributed by atoms with Crippen LogP contribution in [0.3, 0.4) is 0 Å². The van der Waals surface area contributed by atoms with Gasteiger partial charge in [-0.25, -0.2) is 0 Å². The second-order valence-corrected chi connectivity index (χ2v) is 7.69. The number of benzene rings is 1. The number of esters is 1. The summed E-state index contributed by atoms with van der Waals surface area (Å²) in [7, 11) is 2.21. The highest BCUT2D eigenvalue weighted by atomic mass is 32.2. The van der Waals surface area contributed by atoms with Crippen molar-refractivity contribution in [2.75, 3.05) is 34.3 Å². The van der Waals surface area contributed by atoms with E-state index in [1.54, 1.807) is 12.1 Å². The molecular formula is C16H28NO5S+. The second-order valence-electron chi connectivity index (χ2n) is 6.27. The molecule has 6 nitrogen and oxygen atoms in total. The normalized spacial score (nSPS) is 11.4. The van der Waals surface area contributed by atoms with E-state index in [1.165, 1.54) is 12.1 Å². The van der Waals surface area contributed by atoms with Crippen molar-refractivity contribution in [3.8, 4) is 0 Å². The minimum atomic E-state index is -4.02. The molecule has 0 aliphatic heterocycles. The van der Waals surface area contributed by atoms with Crippen LogP contribution < -0.4 is 0 Å². The number of ether oxygens (including phenoxy) is 1. The molecule has 132 valence electrons. The van der Waals surface area contributed by atoms with Crippen molar-refractivity contribution in [1.29, 1.82) is 0 Å². The smallest absolute Gasteiger partial charge is 0.305 e. The van der Waals surface area contributed by atoms with Gasteiger partial charge in [0.2, 0.25) is 0 Å². The lowest BCUT2D eigenvalue weighted by Gasteiger charge is -2.23. The Morgan fingerprint density at radius 1 is 1.17 bits per heavy atom. The molecule has 0 amide bonds. The zero-order valence-electron chi connectivity index (χ0n) is 14.6. The van der Waals surface area contributed by atoms with Crippen LogP contribution in [-0.4, -0.2) is 57.7 Å². The van der Waals surface area contributed by atoms with Crippen molar-refractivity contribution in [3.05, 3.63) is 29.8 Å². The molecular weight excluding hydrogens is 318 g/mol. The van der Waals surface area contributed by atoms with Crippen LogP contribution in [0.4, 0.5) is 0 Å². The Hall–Kier alpha value is -1.44. The van der Waals surface area contributed by atoms with Crippen LogP contribution >= 0.6 is 0 Å². The third kappa shape index (κ3) is 11.7.